The molecule has 0 aliphatic carbocycles. The van der Waals surface area contributed by atoms with Gasteiger partial charge in [0.25, 0.3) is 0 Å². The summed E-state index contributed by atoms with van der Waals surface area (Å²) in [6.07, 6.45) is 4.44. The highest BCUT2D eigenvalue weighted by molar-refractivity contribution is 5.76. The number of aromatic nitrogens is 2. The van der Waals surface area contributed by atoms with Crippen molar-refractivity contribution in [2.75, 3.05) is 13.1 Å². The van der Waals surface area contributed by atoms with Gasteiger partial charge in [-0.2, -0.15) is 5.26 Å². The van der Waals surface area contributed by atoms with E-state index in [4.69, 9.17) is 5.26 Å². The number of nitriles is 1. The molecule has 1 aliphatic heterocycles. The Labute approximate surface area is 100 Å². The van der Waals surface area contributed by atoms with Crippen LogP contribution in [0.4, 0.5) is 0 Å². The normalized spacial score (nSPS) is 16.4. The molecule has 2 aromatic rings. The number of hydrogen-bond acceptors (Lipinski definition) is 3. The van der Waals surface area contributed by atoms with Crippen molar-refractivity contribution in [1.29, 1.82) is 5.26 Å². The van der Waals surface area contributed by atoms with Crippen molar-refractivity contribution in [2.45, 2.75) is 19.5 Å². The summed E-state index contributed by atoms with van der Waals surface area (Å²) < 4.78 is 2.13. The molecule has 0 spiro atoms. The maximum atomic E-state index is 8.92. The molecule has 0 bridgehead atoms. The quantitative estimate of drug-likeness (QED) is 0.786. The first kappa shape index (κ1) is 10.3. The number of fused-ring (bicyclic) bond motifs is 1. The van der Waals surface area contributed by atoms with Crippen LogP contribution in [0.5, 0.6) is 0 Å². The van der Waals surface area contributed by atoms with Gasteiger partial charge in [0, 0.05) is 0 Å². The standard InChI is InChI=1S/C13H14N4/c14-8-11-3-4-12-13(7-11)17(9-15-12)10-16-5-1-2-6-16/h3-4,7,9H,1-2,5-6,10H2. The Balaban J connectivity index is 1.95. The lowest BCUT2D eigenvalue weighted by molar-refractivity contribution is 0.274. The molecule has 3 rings (SSSR count). The highest BCUT2D eigenvalue weighted by atomic mass is 15.3. The average Bonchev–Trinajstić information content (AvgIpc) is 2.99. The van der Waals surface area contributed by atoms with E-state index in [1.54, 1.807) is 0 Å². The van der Waals surface area contributed by atoms with Crippen molar-refractivity contribution in [3.05, 3.63) is 30.1 Å². The highest BCUT2D eigenvalue weighted by Gasteiger charge is 2.13. The van der Waals surface area contributed by atoms with E-state index in [9.17, 15) is 0 Å². The van der Waals surface area contributed by atoms with E-state index in [-0.39, 0.29) is 0 Å². The van der Waals surface area contributed by atoms with Crippen LogP contribution in [0.15, 0.2) is 24.5 Å². The van der Waals surface area contributed by atoms with Crippen molar-refractivity contribution in [3.63, 3.8) is 0 Å². The lowest BCUT2D eigenvalue weighted by Gasteiger charge is -2.15. The minimum atomic E-state index is 0.695. The molecule has 86 valence electrons. The van der Waals surface area contributed by atoms with Gasteiger partial charge in [0.2, 0.25) is 0 Å². The molecule has 0 N–H and O–H groups in total. The molecular weight excluding hydrogens is 212 g/mol. The first-order chi connectivity index (χ1) is 8.36. The molecular formula is C13H14N4. The van der Waals surface area contributed by atoms with Crippen LogP contribution in [0.2, 0.25) is 0 Å². The van der Waals surface area contributed by atoms with Gasteiger partial charge in [-0.05, 0) is 44.1 Å². The lowest BCUT2D eigenvalue weighted by atomic mass is 10.2. The van der Waals surface area contributed by atoms with Gasteiger partial charge >= 0.3 is 0 Å². The van der Waals surface area contributed by atoms with Crippen LogP contribution in [-0.2, 0) is 6.67 Å². The van der Waals surface area contributed by atoms with Crippen molar-refractivity contribution in [3.8, 4) is 6.07 Å². The minimum absolute atomic E-state index is 0.695. The van der Waals surface area contributed by atoms with E-state index in [1.165, 1.54) is 12.8 Å². The first-order valence-corrected chi connectivity index (χ1v) is 5.94. The summed E-state index contributed by atoms with van der Waals surface area (Å²) in [5.74, 6) is 0. The third kappa shape index (κ3) is 1.90. The third-order valence-corrected chi connectivity index (χ3v) is 3.30. The second-order valence-electron chi connectivity index (χ2n) is 4.50. The Morgan fingerprint density at radius 2 is 2.12 bits per heavy atom. The number of rotatable bonds is 2. The van der Waals surface area contributed by atoms with Crippen LogP contribution in [0.25, 0.3) is 11.0 Å². The Morgan fingerprint density at radius 1 is 1.29 bits per heavy atom. The molecule has 0 amide bonds. The maximum Gasteiger partial charge on any atom is 0.0992 e. The fourth-order valence-electron chi connectivity index (χ4n) is 2.38. The van der Waals surface area contributed by atoms with Gasteiger partial charge in [-0.1, -0.05) is 0 Å². The van der Waals surface area contributed by atoms with E-state index in [0.29, 0.717) is 5.56 Å². The summed E-state index contributed by atoms with van der Waals surface area (Å²) in [5.41, 5.74) is 2.71. The van der Waals surface area contributed by atoms with Gasteiger partial charge in [-0.15, -0.1) is 0 Å². The summed E-state index contributed by atoms with van der Waals surface area (Å²) in [6, 6.07) is 7.82. The van der Waals surface area contributed by atoms with Crippen LogP contribution in [0, 0.1) is 11.3 Å². The second kappa shape index (κ2) is 4.19. The van der Waals surface area contributed by atoms with E-state index in [2.05, 4.69) is 20.5 Å². The molecule has 1 aromatic heterocycles. The van der Waals surface area contributed by atoms with Crippen molar-refractivity contribution < 1.29 is 0 Å². The molecule has 0 unspecified atom stereocenters. The third-order valence-electron chi connectivity index (χ3n) is 3.30. The topological polar surface area (TPSA) is 44.9 Å². The molecule has 0 saturated carbocycles. The zero-order valence-electron chi connectivity index (χ0n) is 9.63. The SMILES string of the molecule is N#Cc1ccc2ncn(CN3CCCC3)c2c1. The summed E-state index contributed by atoms with van der Waals surface area (Å²) in [4.78, 5) is 6.78. The van der Waals surface area contributed by atoms with Crippen LogP contribution >= 0.6 is 0 Å². The summed E-state index contributed by atoms with van der Waals surface area (Å²) >= 11 is 0. The summed E-state index contributed by atoms with van der Waals surface area (Å²) in [7, 11) is 0. The molecule has 17 heavy (non-hydrogen) atoms. The minimum Gasteiger partial charge on any atom is -0.317 e. The summed E-state index contributed by atoms with van der Waals surface area (Å²) in [5, 5.41) is 8.92. The van der Waals surface area contributed by atoms with Crippen LogP contribution in [0.1, 0.15) is 18.4 Å². The van der Waals surface area contributed by atoms with Gasteiger partial charge in [0.05, 0.1) is 35.7 Å². The molecule has 1 aromatic carbocycles. The van der Waals surface area contributed by atoms with Crippen LogP contribution in [-0.4, -0.2) is 27.5 Å². The van der Waals surface area contributed by atoms with Gasteiger partial charge in [-0.25, -0.2) is 4.98 Å². The van der Waals surface area contributed by atoms with Gasteiger partial charge in [0.1, 0.15) is 0 Å². The van der Waals surface area contributed by atoms with Crippen LogP contribution in [0.3, 0.4) is 0 Å². The average molecular weight is 226 g/mol. The molecule has 0 atom stereocenters. The molecule has 4 nitrogen and oxygen atoms in total. The van der Waals surface area contributed by atoms with Crippen molar-refractivity contribution >= 4 is 11.0 Å². The first-order valence-electron chi connectivity index (χ1n) is 5.94. The van der Waals surface area contributed by atoms with E-state index in [0.717, 1.165) is 30.8 Å². The Bertz CT molecular complexity index is 573. The fraction of sp³-hybridized carbons (Fsp3) is 0.385. The molecule has 1 aliphatic rings. The molecule has 0 radical (unpaired) electrons. The number of likely N-dealkylation sites (tertiary alicyclic amines) is 1. The van der Waals surface area contributed by atoms with E-state index in [1.807, 2.05) is 24.5 Å². The Morgan fingerprint density at radius 3 is 2.88 bits per heavy atom. The highest BCUT2D eigenvalue weighted by Crippen LogP contribution is 2.16. The fourth-order valence-corrected chi connectivity index (χ4v) is 2.38. The molecule has 4 heteroatoms. The van der Waals surface area contributed by atoms with Crippen molar-refractivity contribution in [1.82, 2.24) is 14.5 Å². The smallest absolute Gasteiger partial charge is 0.0992 e. The van der Waals surface area contributed by atoms with Gasteiger partial charge in [-0.3, -0.25) is 4.90 Å². The Hall–Kier alpha value is -1.86. The van der Waals surface area contributed by atoms with Gasteiger partial charge in [0.15, 0.2) is 0 Å². The Kier molecular flexibility index (Phi) is 2.54. The number of nitrogens with zero attached hydrogens (tertiary/aromatic N) is 4. The predicted molar refractivity (Wildman–Crippen MR) is 65.3 cm³/mol. The second-order valence-corrected chi connectivity index (χ2v) is 4.50. The monoisotopic (exact) mass is 226 g/mol. The zero-order valence-corrected chi connectivity index (χ0v) is 9.63. The zero-order chi connectivity index (χ0) is 11.7. The van der Waals surface area contributed by atoms with E-state index < -0.39 is 0 Å². The molecule has 2 heterocycles. The van der Waals surface area contributed by atoms with Crippen molar-refractivity contribution in [2.24, 2.45) is 0 Å². The molecule has 1 fully saturated rings. The number of imidazole rings is 1. The predicted octanol–water partition coefficient (Wildman–Crippen LogP) is 1.96. The van der Waals surface area contributed by atoms with E-state index >= 15 is 0 Å². The van der Waals surface area contributed by atoms with Crippen LogP contribution < -0.4 is 0 Å². The molecule has 1 saturated heterocycles. The lowest BCUT2D eigenvalue weighted by Crippen LogP contribution is -2.22. The largest absolute Gasteiger partial charge is 0.317 e. The maximum absolute atomic E-state index is 8.92. The summed E-state index contributed by atoms with van der Waals surface area (Å²) in [6.45, 7) is 3.21. The number of benzene rings is 1. The van der Waals surface area contributed by atoms with Gasteiger partial charge < -0.3 is 4.57 Å². The number of hydrogen-bond donors (Lipinski definition) is 0.